The summed E-state index contributed by atoms with van der Waals surface area (Å²) in [5.41, 5.74) is 1.25. The normalized spacial score (nSPS) is 23.2. The zero-order valence-electron chi connectivity index (χ0n) is 12.9. The summed E-state index contributed by atoms with van der Waals surface area (Å²) in [5, 5.41) is 3.61. The fraction of sp³-hybridized carbons (Fsp3) is 0.625. The van der Waals surface area contributed by atoms with E-state index in [1.54, 1.807) is 7.11 Å². The zero-order chi connectivity index (χ0) is 14.5. The summed E-state index contributed by atoms with van der Waals surface area (Å²) in [5.74, 6) is 1.00. The second kappa shape index (κ2) is 7.07. The van der Waals surface area contributed by atoms with Crippen LogP contribution in [0.2, 0.25) is 0 Å². The highest BCUT2D eigenvalue weighted by Gasteiger charge is 2.34. The second-order valence-electron chi connectivity index (χ2n) is 5.42. The van der Waals surface area contributed by atoms with Crippen LogP contribution in [-0.4, -0.2) is 50.9 Å². The van der Waals surface area contributed by atoms with Crippen LogP contribution in [0, 0.1) is 0 Å². The first-order chi connectivity index (χ1) is 9.69. The second-order valence-corrected chi connectivity index (χ2v) is 5.42. The molecule has 0 spiro atoms. The van der Waals surface area contributed by atoms with Gasteiger partial charge in [0.15, 0.2) is 0 Å². The molecule has 3 atom stereocenters. The van der Waals surface area contributed by atoms with Crippen LogP contribution >= 0.6 is 0 Å². The number of methoxy groups -OCH3 is 1. The number of likely N-dealkylation sites (N-methyl/N-ethyl adjacent to an activating group) is 2. The standard InChI is InChI=1S/C16H26N2O2/c1-5-17-16-13-8-6-7-9-15(13)20-11-14(16)18(3)12(2)10-19-4/h6-9,12,14,16-17H,5,10-11H2,1-4H3. The summed E-state index contributed by atoms with van der Waals surface area (Å²) < 4.78 is 11.2. The SMILES string of the molecule is CCNC1c2ccccc2OCC1N(C)C(C)COC. The maximum absolute atomic E-state index is 5.94. The monoisotopic (exact) mass is 278 g/mol. The van der Waals surface area contributed by atoms with Crippen LogP contribution in [0.4, 0.5) is 0 Å². The molecule has 0 saturated carbocycles. The zero-order valence-corrected chi connectivity index (χ0v) is 12.9. The number of nitrogens with one attached hydrogen (secondary N) is 1. The van der Waals surface area contributed by atoms with E-state index >= 15 is 0 Å². The van der Waals surface area contributed by atoms with Crippen molar-refractivity contribution in [1.29, 1.82) is 0 Å². The molecule has 1 aromatic rings. The van der Waals surface area contributed by atoms with Gasteiger partial charge in [-0.15, -0.1) is 0 Å². The maximum atomic E-state index is 5.94. The molecule has 2 rings (SSSR count). The van der Waals surface area contributed by atoms with Gasteiger partial charge in [-0.1, -0.05) is 25.1 Å². The molecule has 0 fully saturated rings. The first-order valence-corrected chi connectivity index (χ1v) is 7.35. The first-order valence-electron chi connectivity index (χ1n) is 7.35. The van der Waals surface area contributed by atoms with E-state index in [-0.39, 0.29) is 0 Å². The van der Waals surface area contributed by atoms with Gasteiger partial charge in [-0.2, -0.15) is 0 Å². The Morgan fingerprint density at radius 1 is 1.45 bits per heavy atom. The van der Waals surface area contributed by atoms with E-state index in [0.717, 1.165) is 18.9 Å². The summed E-state index contributed by atoms with van der Waals surface area (Å²) in [6, 6.07) is 9.29. The van der Waals surface area contributed by atoms with E-state index < -0.39 is 0 Å². The van der Waals surface area contributed by atoms with Crippen molar-refractivity contribution in [1.82, 2.24) is 10.2 Å². The van der Waals surface area contributed by atoms with Crippen LogP contribution in [-0.2, 0) is 4.74 Å². The van der Waals surface area contributed by atoms with Gasteiger partial charge in [-0.25, -0.2) is 0 Å². The van der Waals surface area contributed by atoms with Gasteiger partial charge >= 0.3 is 0 Å². The molecule has 20 heavy (non-hydrogen) atoms. The molecule has 4 heteroatoms. The van der Waals surface area contributed by atoms with E-state index in [1.165, 1.54) is 5.56 Å². The van der Waals surface area contributed by atoms with Crippen LogP contribution < -0.4 is 10.1 Å². The minimum Gasteiger partial charge on any atom is -0.492 e. The van der Waals surface area contributed by atoms with Gasteiger partial charge in [0.25, 0.3) is 0 Å². The average Bonchev–Trinajstić information content (AvgIpc) is 2.47. The number of hydrogen-bond acceptors (Lipinski definition) is 4. The molecule has 0 bridgehead atoms. The van der Waals surface area contributed by atoms with Crippen molar-refractivity contribution in [2.45, 2.75) is 32.0 Å². The molecule has 0 aromatic heterocycles. The molecule has 0 aliphatic carbocycles. The summed E-state index contributed by atoms with van der Waals surface area (Å²) in [6.45, 7) is 6.72. The average molecular weight is 278 g/mol. The third-order valence-corrected chi connectivity index (χ3v) is 4.10. The quantitative estimate of drug-likeness (QED) is 0.863. The molecule has 0 radical (unpaired) electrons. The number of nitrogens with zero attached hydrogens (tertiary/aromatic N) is 1. The summed E-state index contributed by atoms with van der Waals surface area (Å²) in [4.78, 5) is 2.35. The molecule has 0 amide bonds. The minimum absolute atomic E-state index is 0.300. The lowest BCUT2D eigenvalue weighted by molar-refractivity contribution is 0.0434. The Balaban J connectivity index is 2.21. The highest BCUT2D eigenvalue weighted by molar-refractivity contribution is 5.38. The van der Waals surface area contributed by atoms with Gasteiger partial charge < -0.3 is 14.8 Å². The van der Waals surface area contributed by atoms with E-state index in [2.05, 4.69) is 49.3 Å². The molecule has 4 nitrogen and oxygen atoms in total. The van der Waals surface area contributed by atoms with Crippen molar-refractivity contribution in [3.63, 3.8) is 0 Å². The van der Waals surface area contributed by atoms with Gasteiger partial charge in [0, 0.05) is 18.7 Å². The maximum Gasteiger partial charge on any atom is 0.124 e. The molecule has 0 saturated heterocycles. The molecule has 112 valence electrons. The van der Waals surface area contributed by atoms with Crippen molar-refractivity contribution in [3.05, 3.63) is 29.8 Å². The minimum atomic E-state index is 0.300. The van der Waals surface area contributed by atoms with Crippen molar-refractivity contribution in [2.75, 3.05) is 33.9 Å². The smallest absolute Gasteiger partial charge is 0.124 e. The molecular weight excluding hydrogens is 252 g/mol. The molecule has 3 unspecified atom stereocenters. The van der Waals surface area contributed by atoms with Crippen LogP contribution in [0.1, 0.15) is 25.5 Å². The summed E-state index contributed by atoms with van der Waals surface area (Å²) in [7, 11) is 3.90. The topological polar surface area (TPSA) is 33.7 Å². The first kappa shape index (κ1) is 15.3. The number of benzene rings is 1. The van der Waals surface area contributed by atoms with Crippen molar-refractivity contribution >= 4 is 0 Å². The lowest BCUT2D eigenvalue weighted by Gasteiger charge is -2.41. The molecule has 1 heterocycles. The summed E-state index contributed by atoms with van der Waals surface area (Å²) >= 11 is 0. The Morgan fingerprint density at radius 2 is 2.20 bits per heavy atom. The van der Waals surface area contributed by atoms with Crippen LogP contribution in [0.5, 0.6) is 5.75 Å². The number of rotatable bonds is 6. The van der Waals surface area contributed by atoms with Gasteiger partial charge in [0.2, 0.25) is 0 Å². The van der Waals surface area contributed by atoms with Crippen LogP contribution in [0.15, 0.2) is 24.3 Å². The van der Waals surface area contributed by atoms with Crippen molar-refractivity contribution in [3.8, 4) is 5.75 Å². The predicted molar refractivity (Wildman–Crippen MR) is 81.2 cm³/mol. The predicted octanol–water partition coefficient (Wildman–Crippen LogP) is 2.06. The third-order valence-electron chi connectivity index (χ3n) is 4.10. The number of hydrogen-bond donors (Lipinski definition) is 1. The summed E-state index contributed by atoms with van der Waals surface area (Å²) in [6.07, 6.45) is 0. The number of ether oxygens (including phenoxy) is 2. The Kier molecular flexibility index (Phi) is 5.40. The Hall–Kier alpha value is -1.10. The third kappa shape index (κ3) is 3.14. The molecule has 1 aliphatic heterocycles. The van der Waals surface area contributed by atoms with Crippen molar-refractivity contribution in [2.24, 2.45) is 0 Å². The van der Waals surface area contributed by atoms with E-state index in [1.807, 2.05) is 6.07 Å². The van der Waals surface area contributed by atoms with E-state index in [4.69, 9.17) is 9.47 Å². The van der Waals surface area contributed by atoms with Gasteiger partial charge in [-0.05, 0) is 26.6 Å². The van der Waals surface area contributed by atoms with Gasteiger partial charge in [-0.3, -0.25) is 4.90 Å². The lowest BCUT2D eigenvalue weighted by Crippen LogP contribution is -2.52. The van der Waals surface area contributed by atoms with Gasteiger partial charge in [0.05, 0.1) is 18.7 Å². The molecule has 1 aromatic carbocycles. The Morgan fingerprint density at radius 3 is 2.90 bits per heavy atom. The van der Waals surface area contributed by atoms with Gasteiger partial charge in [0.1, 0.15) is 12.4 Å². The van der Waals surface area contributed by atoms with Crippen molar-refractivity contribution < 1.29 is 9.47 Å². The fourth-order valence-electron chi connectivity index (χ4n) is 2.85. The van der Waals surface area contributed by atoms with Crippen LogP contribution in [0.25, 0.3) is 0 Å². The number of para-hydroxylation sites is 1. The molecule has 1 aliphatic rings. The largest absolute Gasteiger partial charge is 0.492 e. The molecular formula is C16H26N2O2. The highest BCUT2D eigenvalue weighted by Crippen LogP contribution is 2.34. The fourth-order valence-corrected chi connectivity index (χ4v) is 2.85. The Bertz CT molecular complexity index is 425. The lowest BCUT2D eigenvalue weighted by atomic mass is 9.94. The Labute approximate surface area is 122 Å². The highest BCUT2D eigenvalue weighted by atomic mass is 16.5. The molecule has 1 N–H and O–H groups in total. The van der Waals surface area contributed by atoms with E-state index in [9.17, 15) is 0 Å². The van der Waals surface area contributed by atoms with E-state index in [0.29, 0.717) is 24.7 Å². The van der Waals surface area contributed by atoms with Crippen LogP contribution in [0.3, 0.4) is 0 Å². The number of fused-ring (bicyclic) bond motifs is 1.